The minimum atomic E-state index is 0.667. The number of nitrogens with zero attached hydrogens (tertiary/aromatic N) is 2. The molecular formula is C31H52N2. The Bertz CT molecular complexity index is 676. The fourth-order valence-corrected chi connectivity index (χ4v) is 5.21. The van der Waals surface area contributed by atoms with Gasteiger partial charge in [-0.2, -0.15) is 0 Å². The maximum Gasteiger partial charge on any atom is 0.0991 e. The van der Waals surface area contributed by atoms with E-state index in [2.05, 4.69) is 53.9 Å². The predicted octanol–water partition coefficient (Wildman–Crippen LogP) is 10.4. The van der Waals surface area contributed by atoms with Crippen LogP contribution in [-0.4, -0.2) is 9.55 Å². The van der Waals surface area contributed by atoms with Gasteiger partial charge in [-0.25, -0.2) is 4.98 Å². The first-order valence-corrected chi connectivity index (χ1v) is 14.4. The molecule has 1 heterocycles. The molecule has 0 aliphatic carbocycles. The van der Waals surface area contributed by atoms with Crippen LogP contribution in [0.15, 0.2) is 43.0 Å². The van der Waals surface area contributed by atoms with Crippen LogP contribution in [0.3, 0.4) is 0 Å². The highest BCUT2D eigenvalue weighted by molar-refractivity contribution is 5.43. The van der Waals surface area contributed by atoms with Gasteiger partial charge in [0.2, 0.25) is 0 Å². The Balaban J connectivity index is 1.51. The van der Waals surface area contributed by atoms with Crippen LogP contribution in [0.2, 0.25) is 0 Å². The molecule has 1 atom stereocenters. The maximum atomic E-state index is 4.26. The van der Waals surface area contributed by atoms with Gasteiger partial charge in [0.05, 0.1) is 6.33 Å². The highest BCUT2D eigenvalue weighted by atomic mass is 15.0. The number of rotatable bonds is 21. The van der Waals surface area contributed by atoms with Crippen LogP contribution in [0, 0.1) is 0 Å². The number of hydrogen-bond donors (Lipinski definition) is 0. The second kappa shape index (κ2) is 18.8. The second-order valence-electron chi connectivity index (χ2n) is 10.1. The summed E-state index contributed by atoms with van der Waals surface area (Å²) in [7, 11) is 0. The van der Waals surface area contributed by atoms with Crippen molar-refractivity contribution in [3.05, 3.63) is 48.5 Å². The average Bonchev–Trinajstić information content (AvgIpc) is 3.38. The zero-order valence-electron chi connectivity index (χ0n) is 21.9. The van der Waals surface area contributed by atoms with Gasteiger partial charge < -0.3 is 4.57 Å². The van der Waals surface area contributed by atoms with E-state index in [4.69, 9.17) is 0 Å². The summed E-state index contributed by atoms with van der Waals surface area (Å²) >= 11 is 0. The van der Waals surface area contributed by atoms with Crippen molar-refractivity contribution in [3.63, 3.8) is 0 Å². The van der Waals surface area contributed by atoms with Gasteiger partial charge in [0.15, 0.2) is 0 Å². The van der Waals surface area contributed by atoms with Gasteiger partial charge >= 0.3 is 0 Å². The molecule has 0 unspecified atom stereocenters. The van der Waals surface area contributed by atoms with Gasteiger partial charge in [-0.3, -0.25) is 0 Å². The number of benzene rings is 1. The van der Waals surface area contributed by atoms with E-state index in [0.717, 1.165) is 0 Å². The van der Waals surface area contributed by atoms with Crippen molar-refractivity contribution >= 4 is 0 Å². The molecule has 0 aliphatic rings. The van der Waals surface area contributed by atoms with E-state index < -0.39 is 0 Å². The van der Waals surface area contributed by atoms with Crippen molar-refractivity contribution in [1.29, 1.82) is 0 Å². The lowest BCUT2D eigenvalue weighted by Gasteiger charge is -2.20. The third kappa shape index (κ3) is 11.9. The predicted molar refractivity (Wildman–Crippen MR) is 145 cm³/mol. The van der Waals surface area contributed by atoms with E-state index in [1.54, 1.807) is 0 Å². The van der Waals surface area contributed by atoms with Gasteiger partial charge in [-0.05, 0) is 30.4 Å². The first-order valence-electron chi connectivity index (χ1n) is 14.4. The van der Waals surface area contributed by atoms with Gasteiger partial charge in [0.25, 0.3) is 0 Å². The highest BCUT2D eigenvalue weighted by Crippen LogP contribution is 2.31. The first-order chi connectivity index (χ1) is 16.4. The average molecular weight is 453 g/mol. The van der Waals surface area contributed by atoms with Crippen LogP contribution in [0.4, 0.5) is 0 Å². The molecule has 0 radical (unpaired) electrons. The van der Waals surface area contributed by atoms with Gasteiger partial charge in [0, 0.05) is 18.1 Å². The van der Waals surface area contributed by atoms with E-state index >= 15 is 0 Å². The monoisotopic (exact) mass is 452 g/mol. The minimum absolute atomic E-state index is 0.667. The molecule has 0 aliphatic heterocycles. The Labute approximate surface area is 205 Å². The Morgan fingerprint density at radius 3 is 1.70 bits per heavy atom. The molecule has 0 amide bonds. The Hall–Kier alpha value is -1.57. The topological polar surface area (TPSA) is 17.8 Å². The molecule has 33 heavy (non-hydrogen) atoms. The molecule has 0 fully saturated rings. The largest absolute Gasteiger partial charge is 0.306 e. The van der Waals surface area contributed by atoms with E-state index in [0.29, 0.717) is 5.92 Å². The molecule has 1 aromatic heterocycles. The number of para-hydroxylation sites is 1. The van der Waals surface area contributed by atoms with E-state index in [1.165, 1.54) is 133 Å². The number of imidazole rings is 1. The van der Waals surface area contributed by atoms with Gasteiger partial charge in [0.1, 0.15) is 0 Å². The Morgan fingerprint density at radius 1 is 0.636 bits per heavy atom. The van der Waals surface area contributed by atoms with Crippen LogP contribution in [0.1, 0.15) is 147 Å². The standard InChI is InChI=1S/C31H52N2/c1-3-5-6-7-8-9-10-11-12-13-14-15-16-17-18-19-23-29(22-4-2)30-24-20-21-25-31(30)33-27-26-32-28-33/h20-21,24-29H,3-19,22-23H2,1-2H3/t29-/m0/s1. The van der Waals surface area contributed by atoms with Crippen LogP contribution in [-0.2, 0) is 0 Å². The molecule has 0 saturated heterocycles. The van der Waals surface area contributed by atoms with Crippen LogP contribution >= 0.6 is 0 Å². The summed E-state index contributed by atoms with van der Waals surface area (Å²) < 4.78 is 2.17. The molecule has 0 bridgehead atoms. The number of unbranched alkanes of at least 4 members (excludes halogenated alkanes) is 15. The molecule has 2 nitrogen and oxygen atoms in total. The lowest BCUT2D eigenvalue weighted by atomic mass is 9.88. The maximum absolute atomic E-state index is 4.26. The molecule has 2 rings (SSSR count). The molecule has 2 aromatic rings. The molecule has 0 N–H and O–H groups in total. The van der Waals surface area contributed by atoms with Gasteiger partial charge in [-0.1, -0.05) is 141 Å². The number of aromatic nitrogens is 2. The molecule has 0 saturated carbocycles. The smallest absolute Gasteiger partial charge is 0.0991 e. The molecule has 186 valence electrons. The highest BCUT2D eigenvalue weighted by Gasteiger charge is 2.15. The zero-order valence-corrected chi connectivity index (χ0v) is 21.9. The SMILES string of the molecule is CCCCCCCCCCCCCCCCCC[C@H](CCC)c1ccccc1-n1ccnc1. The summed E-state index contributed by atoms with van der Waals surface area (Å²) in [6.45, 7) is 4.62. The van der Waals surface area contributed by atoms with Crippen LogP contribution in [0.25, 0.3) is 5.69 Å². The Morgan fingerprint density at radius 2 is 1.18 bits per heavy atom. The molecule has 0 spiro atoms. The fourth-order valence-electron chi connectivity index (χ4n) is 5.21. The first kappa shape index (κ1) is 27.7. The summed E-state index contributed by atoms with van der Waals surface area (Å²) in [5.41, 5.74) is 2.81. The van der Waals surface area contributed by atoms with Crippen LogP contribution < -0.4 is 0 Å². The number of hydrogen-bond acceptors (Lipinski definition) is 1. The third-order valence-electron chi connectivity index (χ3n) is 7.20. The van der Waals surface area contributed by atoms with E-state index in [1.807, 2.05) is 12.5 Å². The third-order valence-corrected chi connectivity index (χ3v) is 7.20. The summed E-state index contributed by atoms with van der Waals surface area (Å²) in [5.74, 6) is 0.667. The van der Waals surface area contributed by atoms with Crippen molar-refractivity contribution < 1.29 is 0 Å². The van der Waals surface area contributed by atoms with Crippen molar-refractivity contribution in [2.45, 2.75) is 142 Å². The van der Waals surface area contributed by atoms with Gasteiger partial charge in [-0.15, -0.1) is 0 Å². The zero-order chi connectivity index (χ0) is 23.4. The van der Waals surface area contributed by atoms with Crippen LogP contribution in [0.5, 0.6) is 0 Å². The quantitative estimate of drug-likeness (QED) is 0.172. The summed E-state index contributed by atoms with van der Waals surface area (Å²) in [6, 6.07) is 8.93. The summed E-state index contributed by atoms with van der Waals surface area (Å²) in [4.78, 5) is 4.26. The normalized spacial score (nSPS) is 12.3. The molecule has 1 aromatic carbocycles. The summed E-state index contributed by atoms with van der Waals surface area (Å²) in [6.07, 6.45) is 32.7. The fraction of sp³-hybridized carbons (Fsp3) is 0.710. The summed E-state index contributed by atoms with van der Waals surface area (Å²) in [5, 5.41) is 0. The van der Waals surface area contributed by atoms with Crippen molar-refractivity contribution in [3.8, 4) is 5.69 Å². The lowest BCUT2D eigenvalue weighted by Crippen LogP contribution is -2.05. The molecular weight excluding hydrogens is 400 g/mol. The van der Waals surface area contributed by atoms with Crippen molar-refractivity contribution in [2.24, 2.45) is 0 Å². The van der Waals surface area contributed by atoms with Crippen molar-refractivity contribution in [2.75, 3.05) is 0 Å². The van der Waals surface area contributed by atoms with Crippen molar-refractivity contribution in [1.82, 2.24) is 9.55 Å². The minimum Gasteiger partial charge on any atom is -0.306 e. The van der Waals surface area contributed by atoms with E-state index in [-0.39, 0.29) is 0 Å². The second-order valence-corrected chi connectivity index (χ2v) is 10.1. The lowest BCUT2D eigenvalue weighted by molar-refractivity contribution is 0.501. The Kier molecular flexibility index (Phi) is 15.8. The molecule has 2 heteroatoms. The van der Waals surface area contributed by atoms with E-state index in [9.17, 15) is 0 Å².